The molecule has 1 atom stereocenters. The molecule has 3 nitrogen and oxygen atoms in total. The molecule has 46 heavy (non-hydrogen) atoms. The molecule has 4 heterocycles. The minimum absolute atomic E-state index is 0.101. The van der Waals surface area contributed by atoms with Gasteiger partial charge in [-0.1, -0.05) is 91.0 Å². The lowest BCUT2D eigenvalue weighted by Gasteiger charge is -2.24. The maximum absolute atomic E-state index is 2.57. The molecule has 1 aliphatic heterocycles. The van der Waals surface area contributed by atoms with Crippen molar-refractivity contribution in [2.75, 3.05) is 0 Å². The molecule has 0 saturated heterocycles. The summed E-state index contributed by atoms with van der Waals surface area (Å²) in [6.45, 7) is 0. The van der Waals surface area contributed by atoms with Crippen molar-refractivity contribution in [1.82, 2.24) is 13.7 Å². The van der Waals surface area contributed by atoms with E-state index in [2.05, 4.69) is 165 Å². The van der Waals surface area contributed by atoms with E-state index in [1.807, 2.05) is 11.3 Å². The van der Waals surface area contributed by atoms with Crippen LogP contribution in [0.15, 0.2) is 152 Å². The predicted octanol–water partition coefficient (Wildman–Crippen LogP) is 11.2. The number of allylic oxidation sites excluding steroid dienone is 4. The van der Waals surface area contributed by atoms with Crippen molar-refractivity contribution in [3.05, 3.63) is 152 Å². The van der Waals surface area contributed by atoms with E-state index in [0.29, 0.717) is 0 Å². The van der Waals surface area contributed by atoms with Gasteiger partial charge in [-0.25, -0.2) is 0 Å². The molecule has 0 amide bonds. The lowest BCUT2D eigenvalue weighted by molar-refractivity contribution is 0.781. The van der Waals surface area contributed by atoms with E-state index in [1.54, 1.807) is 0 Å². The second kappa shape index (κ2) is 8.94. The van der Waals surface area contributed by atoms with Crippen molar-refractivity contribution >= 4 is 92.2 Å². The Bertz CT molecular complexity index is 2800. The summed E-state index contributed by atoms with van der Waals surface area (Å²) < 4.78 is 10.2. The maximum atomic E-state index is 2.57. The molecular weight excluding hydrogens is 579 g/mol. The predicted molar refractivity (Wildman–Crippen MR) is 197 cm³/mol. The molecule has 0 bridgehead atoms. The number of hydrogen-bond donors (Lipinski definition) is 0. The molecule has 1 aliphatic carbocycles. The van der Waals surface area contributed by atoms with Gasteiger partial charge in [0.2, 0.25) is 17.1 Å². The fourth-order valence-electron chi connectivity index (χ4n) is 8.14. The number of thiophene rings is 1. The van der Waals surface area contributed by atoms with Crippen LogP contribution in [0.1, 0.15) is 6.04 Å². The Labute approximate surface area is 268 Å². The fourth-order valence-corrected chi connectivity index (χ4v) is 9.40. The summed E-state index contributed by atoms with van der Waals surface area (Å²) in [6.07, 6.45) is 9.00. The van der Waals surface area contributed by atoms with Crippen LogP contribution in [-0.4, -0.2) is 14.8 Å². The molecule has 2 aliphatic rings. The monoisotopic (exact) mass is 604 g/mol. The molecule has 0 spiro atoms. The van der Waals surface area contributed by atoms with Crippen LogP contribution >= 0.6 is 11.3 Å². The molecule has 0 N–H and O–H groups in total. The number of nitrogens with zero attached hydrogens (tertiary/aromatic N) is 3. The van der Waals surface area contributed by atoms with Crippen molar-refractivity contribution in [3.8, 4) is 5.69 Å². The standard InChI is InChI=1S/C42H26N3S/c1-4-14-33-28(10-1)29-11-2-5-15-34(29)43(33)26-20-22-27(23-21-26)44-35-16-6-7-17-36(35)45-37-25-24-31-30-12-3-8-19-39(30)46-42(31)40(37)32-13-9-18-38(44)41(32)45/h1-25,36H/q+1. The van der Waals surface area contributed by atoms with Crippen LogP contribution in [0.2, 0.25) is 0 Å². The topological polar surface area (TPSA) is 12.9 Å². The average molecular weight is 605 g/mol. The molecule has 11 rings (SSSR count). The number of para-hydroxylation sites is 3. The van der Waals surface area contributed by atoms with Gasteiger partial charge in [-0.3, -0.25) is 0 Å². The minimum atomic E-state index is 0.101. The van der Waals surface area contributed by atoms with Crippen LogP contribution < -0.4 is 4.58 Å². The number of benzene rings is 6. The summed E-state index contributed by atoms with van der Waals surface area (Å²) in [6, 6.07) is 47.0. The van der Waals surface area contributed by atoms with Gasteiger partial charge in [0.05, 0.1) is 16.6 Å². The van der Waals surface area contributed by atoms with Gasteiger partial charge in [-0.2, -0.15) is 4.58 Å². The molecule has 0 radical (unpaired) electrons. The lowest BCUT2D eigenvalue weighted by atomic mass is 10.0. The van der Waals surface area contributed by atoms with E-state index in [0.717, 1.165) is 0 Å². The molecule has 0 saturated carbocycles. The first kappa shape index (κ1) is 24.6. The van der Waals surface area contributed by atoms with Crippen LogP contribution in [0.5, 0.6) is 0 Å². The summed E-state index contributed by atoms with van der Waals surface area (Å²) >= 11 is 1.92. The normalized spacial score (nSPS) is 15.8. The summed E-state index contributed by atoms with van der Waals surface area (Å²) in [5, 5.41) is 7.93. The van der Waals surface area contributed by atoms with Gasteiger partial charge >= 0.3 is 0 Å². The van der Waals surface area contributed by atoms with Crippen molar-refractivity contribution in [1.29, 1.82) is 0 Å². The maximum Gasteiger partial charge on any atom is 0.235 e. The SMILES string of the molecule is C1=CC2=[N+](c3ccc(-n4c5ccccc5c5ccccc54)cc3)c3cccc4c5c6sc7ccccc7c6ccc5n(c34)C2C=C1. The van der Waals surface area contributed by atoms with Crippen LogP contribution in [0.3, 0.4) is 0 Å². The summed E-state index contributed by atoms with van der Waals surface area (Å²) in [5.41, 5.74) is 9.86. The first-order valence-corrected chi connectivity index (χ1v) is 16.6. The highest BCUT2D eigenvalue weighted by Gasteiger charge is 2.37. The van der Waals surface area contributed by atoms with Gasteiger partial charge in [-0.15, -0.1) is 11.3 Å². The molecule has 214 valence electrons. The molecule has 1 unspecified atom stereocenters. The fraction of sp³-hybridized carbons (Fsp3) is 0.0238. The molecule has 0 fully saturated rings. The third-order valence-corrected chi connectivity index (χ3v) is 11.2. The van der Waals surface area contributed by atoms with Crippen LogP contribution in [0.4, 0.5) is 11.4 Å². The zero-order chi connectivity index (χ0) is 29.9. The Hall–Kier alpha value is -5.71. The summed E-state index contributed by atoms with van der Waals surface area (Å²) in [7, 11) is 0. The van der Waals surface area contributed by atoms with Gasteiger partial charge < -0.3 is 9.13 Å². The first-order chi connectivity index (χ1) is 22.8. The summed E-state index contributed by atoms with van der Waals surface area (Å²) in [4.78, 5) is 0. The Morgan fingerprint density at radius 2 is 1.28 bits per heavy atom. The van der Waals surface area contributed by atoms with Crippen molar-refractivity contribution in [3.63, 3.8) is 0 Å². The highest BCUT2D eigenvalue weighted by atomic mass is 32.1. The van der Waals surface area contributed by atoms with E-state index in [9.17, 15) is 0 Å². The second-order valence-corrected chi connectivity index (χ2v) is 13.4. The van der Waals surface area contributed by atoms with Crippen LogP contribution in [-0.2, 0) is 0 Å². The molecular formula is C42H26N3S+. The van der Waals surface area contributed by atoms with Crippen LogP contribution in [0.25, 0.3) is 69.5 Å². The van der Waals surface area contributed by atoms with Gasteiger partial charge in [0, 0.05) is 71.7 Å². The Kier molecular flexibility index (Phi) is 4.78. The minimum Gasteiger partial charge on any atom is -0.318 e. The van der Waals surface area contributed by atoms with Gasteiger partial charge in [-0.05, 0) is 36.4 Å². The van der Waals surface area contributed by atoms with E-state index in [-0.39, 0.29) is 6.04 Å². The van der Waals surface area contributed by atoms with E-state index in [1.165, 1.54) is 86.6 Å². The third kappa shape index (κ3) is 3.09. The largest absolute Gasteiger partial charge is 0.318 e. The Balaban J connectivity index is 1.16. The summed E-state index contributed by atoms with van der Waals surface area (Å²) in [5.74, 6) is 0. The number of hydrogen-bond acceptors (Lipinski definition) is 1. The number of fused-ring (bicyclic) bond motifs is 12. The molecule has 3 aromatic heterocycles. The Morgan fingerprint density at radius 1 is 0.565 bits per heavy atom. The van der Waals surface area contributed by atoms with E-state index in [4.69, 9.17) is 0 Å². The van der Waals surface area contributed by atoms with E-state index < -0.39 is 0 Å². The second-order valence-electron chi connectivity index (χ2n) is 12.3. The first-order valence-electron chi connectivity index (χ1n) is 15.8. The quantitative estimate of drug-likeness (QED) is 0.174. The zero-order valence-corrected chi connectivity index (χ0v) is 25.6. The van der Waals surface area contributed by atoms with Gasteiger partial charge in [0.15, 0.2) is 0 Å². The van der Waals surface area contributed by atoms with Gasteiger partial charge in [0.1, 0.15) is 11.6 Å². The van der Waals surface area contributed by atoms with E-state index >= 15 is 0 Å². The average Bonchev–Trinajstić information content (AvgIpc) is 3.77. The molecule has 9 aromatic rings. The van der Waals surface area contributed by atoms with Crippen molar-refractivity contribution in [2.45, 2.75) is 6.04 Å². The van der Waals surface area contributed by atoms with Crippen LogP contribution in [0, 0.1) is 0 Å². The van der Waals surface area contributed by atoms with Crippen molar-refractivity contribution < 1.29 is 0 Å². The lowest BCUT2D eigenvalue weighted by Crippen LogP contribution is -2.30. The number of aromatic nitrogens is 2. The molecule has 4 heteroatoms. The smallest absolute Gasteiger partial charge is 0.235 e. The Morgan fingerprint density at radius 3 is 2.09 bits per heavy atom. The number of rotatable bonds is 2. The third-order valence-electron chi connectivity index (χ3n) is 10.0. The molecule has 6 aromatic carbocycles. The highest BCUT2D eigenvalue weighted by Crippen LogP contribution is 2.48. The van der Waals surface area contributed by atoms with Crippen molar-refractivity contribution in [2.24, 2.45) is 0 Å². The van der Waals surface area contributed by atoms with Gasteiger partial charge in [0.25, 0.3) is 0 Å². The highest BCUT2D eigenvalue weighted by molar-refractivity contribution is 7.26. The zero-order valence-electron chi connectivity index (χ0n) is 24.8.